The molecule has 0 saturated carbocycles. The van der Waals surface area contributed by atoms with Crippen molar-refractivity contribution >= 4 is 10.0 Å². The van der Waals surface area contributed by atoms with E-state index in [1.807, 2.05) is 25.1 Å². The molecule has 0 aliphatic rings. The van der Waals surface area contributed by atoms with Crippen LogP contribution in [0.5, 0.6) is 17.2 Å². The zero-order valence-electron chi connectivity index (χ0n) is 15.1. The summed E-state index contributed by atoms with van der Waals surface area (Å²) in [7, 11) is 2.38. The van der Waals surface area contributed by atoms with Crippen LogP contribution in [0.15, 0.2) is 41.3 Å². The van der Waals surface area contributed by atoms with Gasteiger partial charge < -0.3 is 14.2 Å². The molecule has 0 aromatic heterocycles. The second-order valence-electron chi connectivity index (χ2n) is 5.59. The Morgan fingerprint density at radius 1 is 0.880 bits per heavy atom. The van der Waals surface area contributed by atoms with Crippen LogP contribution in [0.1, 0.15) is 11.1 Å². The van der Waals surface area contributed by atoms with Crippen LogP contribution < -0.4 is 14.2 Å². The summed E-state index contributed by atoms with van der Waals surface area (Å²) in [5.74, 6) is 1.49. The van der Waals surface area contributed by atoms with Crippen LogP contribution in [-0.2, 0) is 16.6 Å². The van der Waals surface area contributed by atoms with Crippen molar-refractivity contribution in [2.24, 2.45) is 0 Å². The molecule has 2 rings (SSSR count). The van der Waals surface area contributed by atoms with Gasteiger partial charge in [0.1, 0.15) is 5.75 Å². The third-order valence-corrected chi connectivity index (χ3v) is 5.69. The standard InChI is InChI=1S/C18H23NO5S/c1-13-6-8-16(22-3)14(10-13)12-19(2)25(20,21)15-7-9-17(23-4)18(11-15)24-5/h6-11H,12H2,1-5H3. The lowest BCUT2D eigenvalue weighted by atomic mass is 10.1. The Balaban J connectivity index is 2.35. The molecule has 2 aromatic carbocycles. The van der Waals surface area contributed by atoms with Crippen LogP contribution in [0.3, 0.4) is 0 Å². The third-order valence-electron chi connectivity index (χ3n) is 3.89. The average molecular weight is 365 g/mol. The minimum absolute atomic E-state index is 0.138. The highest BCUT2D eigenvalue weighted by Crippen LogP contribution is 2.31. The summed E-state index contributed by atoms with van der Waals surface area (Å²) in [6, 6.07) is 10.2. The molecule has 0 bridgehead atoms. The normalized spacial score (nSPS) is 11.4. The van der Waals surface area contributed by atoms with Crippen molar-refractivity contribution < 1.29 is 22.6 Å². The highest BCUT2D eigenvalue weighted by molar-refractivity contribution is 7.89. The number of sulfonamides is 1. The molecule has 0 N–H and O–H groups in total. The van der Waals surface area contributed by atoms with Crippen LogP contribution >= 0.6 is 0 Å². The molecule has 6 nitrogen and oxygen atoms in total. The summed E-state index contributed by atoms with van der Waals surface area (Å²) in [5, 5.41) is 0. The number of methoxy groups -OCH3 is 3. The second kappa shape index (κ2) is 7.76. The number of rotatable bonds is 7. The zero-order valence-corrected chi connectivity index (χ0v) is 15.9. The predicted octanol–water partition coefficient (Wildman–Crippen LogP) is 2.84. The number of hydrogen-bond donors (Lipinski definition) is 0. The number of ether oxygens (including phenoxy) is 3. The van der Waals surface area contributed by atoms with Gasteiger partial charge in [-0.15, -0.1) is 0 Å². The van der Waals surface area contributed by atoms with Crippen molar-refractivity contribution in [2.45, 2.75) is 18.4 Å². The van der Waals surface area contributed by atoms with Gasteiger partial charge in [-0.1, -0.05) is 17.7 Å². The lowest BCUT2D eigenvalue weighted by molar-refractivity contribution is 0.353. The maximum atomic E-state index is 12.9. The van der Waals surface area contributed by atoms with E-state index < -0.39 is 10.0 Å². The zero-order chi connectivity index (χ0) is 18.6. The van der Waals surface area contributed by atoms with E-state index in [1.54, 1.807) is 13.2 Å². The highest BCUT2D eigenvalue weighted by Gasteiger charge is 2.23. The SMILES string of the molecule is COc1ccc(C)cc1CN(C)S(=O)(=O)c1ccc(OC)c(OC)c1. The van der Waals surface area contributed by atoms with Crippen molar-refractivity contribution in [2.75, 3.05) is 28.4 Å². The van der Waals surface area contributed by atoms with Crippen LogP contribution in [0.25, 0.3) is 0 Å². The quantitative estimate of drug-likeness (QED) is 0.755. The molecule has 0 fully saturated rings. The van der Waals surface area contributed by atoms with Gasteiger partial charge in [-0.25, -0.2) is 8.42 Å². The van der Waals surface area contributed by atoms with Crippen LogP contribution in [0.2, 0.25) is 0 Å². The minimum atomic E-state index is -3.69. The van der Waals surface area contributed by atoms with Crippen LogP contribution in [0, 0.1) is 6.92 Å². The van der Waals surface area contributed by atoms with Crippen molar-refractivity contribution in [3.63, 3.8) is 0 Å². The molecule has 0 amide bonds. The number of hydrogen-bond acceptors (Lipinski definition) is 5. The van der Waals surface area contributed by atoms with Crippen LogP contribution in [-0.4, -0.2) is 41.1 Å². The first-order valence-electron chi connectivity index (χ1n) is 7.65. The molecule has 0 aliphatic carbocycles. The fraction of sp³-hybridized carbons (Fsp3) is 0.333. The summed E-state index contributed by atoms with van der Waals surface area (Å²) in [4.78, 5) is 0.138. The van der Waals surface area contributed by atoms with Gasteiger partial charge in [0, 0.05) is 25.2 Å². The monoisotopic (exact) mass is 365 g/mol. The minimum Gasteiger partial charge on any atom is -0.496 e. The van der Waals surface area contributed by atoms with Crippen molar-refractivity contribution in [1.82, 2.24) is 4.31 Å². The number of benzene rings is 2. The van der Waals surface area contributed by atoms with E-state index in [9.17, 15) is 8.42 Å². The Morgan fingerprint density at radius 2 is 1.48 bits per heavy atom. The van der Waals surface area contributed by atoms with E-state index in [0.29, 0.717) is 17.2 Å². The average Bonchev–Trinajstić information content (AvgIpc) is 2.61. The Hall–Kier alpha value is -2.25. The highest BCUT2D eigenvalue weighted by atomic mass is 32.2. The molecule has 0 atom stereocenters. The summed E-state index contributed by atoms with van der Waals surface area (Å²) < 4.78 is 42.7. The molecule has 25 heavy (non-hydrogen) atoms. The van der Waals surface area contributed by atoms with E-state index in [2.05, 4.69) is 0 Å². The maximum Gasteiger partial charge on any atom is 0.243 e. The summed E-state index contributed by atoms with van der Waals surface area (Å²) >= 11 is 0. The van der Waals surface area contributed by atoms with E-state index in [1.165, 1.54) is 37.7 Å². The molecule has 0 aliphatic heterocycles. The molecular formula is C18H23NO5S. The maximum absolute atomic E-state index is 12.9. The van der Waals surface area contributed by atoms with Gasteiger partial charge in [-0.05, 0) is 25.1 Å². The lowest BCUT2D eigenvalue weighted by Crippen LogP contribution is -2.26. The van der Waals surface area contributed by atoms with Gasteiger partial charge >= 0.3 is 0 Å². The van der Waals surface area contributed by atoms with E-state index in [-0.39, 0.29) is 11.4 Å². The van der Waals surface area contributed by atoms with Crippen molar-refractivity contribution in [3.8, 4) is 17.2 Å². The molecule has 0 spiro atoms. The molecule has 136 valence electrons. The van der Waals surface area contributed by atoms with Crippen molar-refractivity contribution in [3.05, 3.63) is 47.5 Å². The summed E-state index contributed by atoms with van der Waals surface area (Å²) in [6.07, 6.45) is 0. The van der Waals surface area contributed by atoms with E-state index in [0.717, 1.165) is 11.1 Å². The Morgan fingerprint density at radius 3 is 2.08 bits per heavy atom. The first-order valence-corrected chi connectivity index (χ1v) is 9.09. The van der Waals surface area contributed by atoms with E-state index >= 15 is 0 Å². The van der Waals surface area contributed by atoms with Gasteiger partial charge in [0.25, 0.3) is 0 Å². The molecule has 0 heterocycles. The topological polar surface area (TPSA) is 65.1 Å². The molecule has 0 saturated heterocycles. The third kappa shape index (κ3) is 4.05. The summed E-state index contributed by atoms with van der Waals surface area (Å²) in [6.45, 7) is 2.15. The first-order chi connectivity index (χ1) is 11.8. The number of aryl methyl sites for hydroxylation is 1. The molecule has 0 radical (unpaired) electrons. The Kier molecular flexibility index (Phi) is 5.92. The lowest BCUT2D eigenvalue weighted by Gasteiger charge is -2.20. The predicted molar refractivity (Wildman–Crippen MR) is 95.9 cm³/mol. The molecule has 2 aromatic rings. The molecule has 0 unspecified atom stereocenters. The number of nitrogens with zero attached hydrogens (tertiary/aromatic N) is 1. The van der Waals surface area contributed by atoms with E-state index in [4.69, 9.17) is 14.2 Å². The van der Waals surface area contributed by atoms with Gasteiger partial charge in [0.2, 0.25) is 10.0 Å². The largest absolute Gasteiger partial charge is 0.496 e. The van der Waals surface area contributed by atoms with Gasteiger partial charge in [0.05, 0.1) is 26.2 Å². The van der Waals surface area contributed by atoms with Gasteiger partial charge in [0.15, 0.2) is 11.5 Å². The van der Waals surface area contributed by atoms with Crippen LogP contribution in [0.4, 0.5) is 0 Å². The molecular weight excluding hydrogens is 342 g/mol. The molecule has 7 heteroatoms. The fourth-order valence-electron chi connectivity index (χ4n) is 2.51. The Bertz CT molecular complexity index is 849. The van der Waals surface area contributed by atoms with Crippen molar-refractivity contribution in [1.29, 1.82) is 0 Å². The first kappa shape index (κ1) is 19.1. The smallest absolute Gasteiger partial charge is 0.243 e. The second-order valence-corrected chi connectivity index (χ2v) is 7.64. The van der Waals surface area contributed by atoms with Gasteiger partial charge in [-0.2, -0.15) is 4.31 Å². The van der Waals surface area contributed by atoms with Gasteiger partial charge in [-0.3, -0.25) is 0 Å². The summed E-state index contributed by atoms with van der Waals surface area (Å²) in [5.41, 5.74) is 1.83. The fourth-order valence-corrected chi connectivity index (χ4v) is 3.68. The Labute approximate surface area is 149 Å².